The lowest BCUT2D eigenvalue weighted by Crippen LogP contribution is -2.04. The van der Waals surface area contributed by atoms with E-state index in [1.165, 1.54) is 18.0 Å². The number of aromatic nitrogens is 4. The summed E-state index contributed by atoms with van der Waals surface area (Å²) in [6, 6.07) is 12.8. The summed E-state index contributed by atoms with van der Waals surface area (Å²) >= 11 is 7.43. The minimum atomic E-state index is 0.259. The average molecular weight is 358 g/mol. The molecule has 0 aliphatic carbocycles. The first-order chi connectivity index (χ1) is 11.7. The van der Waals surface area contributed by atoms with Gasteiger partial charge in [0.05, 0.1) is 10.6 Å². The normalized spacial score (nSPS) is 10.4. The highest BCUT2D eigenvalue weighted by Gasteiger charge is 2.12. The molecule has 0 atom stereocenters. The Morgan fingerprint density at radius 1 is 1.25 bits per heavy atom. The molecule has 3 rings (SSSR count). The molecule has 0 amide bonds. The van der Waals surface area contributed by atoms with Gasteiger partial charge in [0.1, 0.15) is 23.5 Å². The predicted octanol–water partition coefficient (Wildman–Crippen LogP) is 3.47. The van der Waals surface area contributed by atoms with Crippen LogP contribution in [-0.2, 0) is 13.7 Å². The quantitative estimate of drug-likeness (QED) is 0.695. The third-order valence-electron chi connectivity index (χ3n) is 3.18. The number of ether oxygens (including phenoxy) is 1. The van der Waals surface area contributed by atoms with Gasteiger partial charge in [0, 0.05) is 13.2 Å². The second-order valence-corrected chi connectivity index (χ2v) is 6.17. The molecule has 0 aliphatic rings. The fourth-order valence-corrected chi connectivity index (χ4v) is 2.81. The molecule has 0 saturated carbocycles. The van der Waals surface area contributed by atoms with Gasteiger partial charge in [-0.25, -0.2) is 4.98 Å². The number of pyridine rings is 1. The maximum atomic E-state index is 8.79. The summed E-state index contributed by atoms with van der Waals surface area (Å²) in [5.41, 5.74) is 0.520. The Morgan fingerprint density at radius 2 is 2.08 bits per heavy atom. The summed E-state index contributed by atoms with van der Waals surface area (Å²) in [5, 5.41) is 19.0. The minimum Gasteiger partial charge on any atom is -0.484 e. The van der Waals surface area contributed by atoms with Crippen molar-refractivity contribution in [2.24, 2.45) is 7.05 Å². The van der Waals surface area contributed by atoms with Gasteiger partial charge in [-0.15, -0.1) is 10.2 Å². The predicted molar refractivity (Wildman–Crippen MR) is 89.9 cm³/mol. The van der Waals surface area contributed by atoms with Gasteiger partial charge in [0.2, 0.25) is 0 Å². The summed E-state index contributed by atoms with van der Waals surface area (Å²) in [6.07, 6.45) is 1.53. The molecule has 0 radical (unpaired) electrons. The lowest BCUT2D eigenvalue weighted by molar-refractivity contribution is 0.290. The molecule has 2 heterocycles. The van der Waals surface area contributed by atoms with Gasteiger partial charge >= 0.3 is 0 Å². The monoisotopic (exact) mass is 357 g/mol. The van der Waals surface area contributed by atoms with Crippen LogP contribution >= 0.6 is 23.4 Å². The Hall–Kier alpha value is -2.56. The highest BCUT2D eigenvalue weighted by atomic mass is 35.5. The highest BCUT2D eigenvalue weighted by molar-refractivity contribution is 7.99. The maximum absolute atomic E-state index is 8.79. The van der Waals surface area contributed by atoms with Crippen molar-refractivity contribution in [3.63, 3.8) is 0 Å². The first-order valence-corrected chi connectivity index (χ1v) is 8.16. The Balaban J connectivity index is 1.69. The van der Waals surface area contributed by atoms with Gasteiger partial charge in [0.15, 0.2) is 11.0 Å². The van der Waals surface area contributed by atoms with E-state index in [-0.39, 0.29) is 6.61 Å². The van der Waals surface area contributed by atoms with Crippen molar-refractivity contribution < 1.29 is 4.74 Å². The Labute approximate surface area is 148 Å². The zero-order chi connectivity index (χ0) is 16.9. The van der Waals surface area contributed by atoms with Crippen LogP contribution in [0.1, 0.15) is 11.4 Å². The van der Waals surface area contributed by atoms with E-state index in [2.05, 4.69) is 15.2 Å². The zero-order valence-corrected chi connectivity index (χ0v) is 14.3. The number of hydrogen-bond acceptors (Lipinski definition) is 6. The van der Waals surface area contributed by atoms with Crippen molar-refractivity contribution in [3.8, 4) is 11.8 Å². The van der Waals surface area contributed by atoms with E-state index in [0.29, 0.717) is 27.3 Å². The fourth-order valence-electron chi connectivity index (χ4n) is 1.86. The molecule has 8 heteroatoms. The van der Waals surface area contributed by atoms with E-state index in [1.807, 2.05) is 29.8 Å². The summed E-state index contributed by atoms with van der Waals surface area (Å²) in [4.78, 5) is 4.21. The molecule has 0 saturated heterocycles. The molecule has 24 heavy (non-hydrogen) atoms. The van der Waals surface area contributed by atoms with Gasteiger partial charge in [0.25, 0.3) is 0 Å². The standard InChI is InChI=1S/C16H12ClN5OS/c1-22-14(10-23-13-5-3-2-4-12(13)17)20-21-16(22)24-15-7-6-11(8-18)9-19-15/h2-7,9H,10H2,1H3. The number of hydrogen-bond donors (Lipinski definition) is 0. The Morgan fingerprint density at radius 3 is 2.79 bits per heavy atom. The summed E-state index contributed by atoms with van der Waals surface area (Å²) in [5.74, 6) is 1.27. The van der Waals surface area contributed by atoms with Gasteiger partial charge < -0.3 is 9.30 Å². The molecule has 6 nitrogen and oxygen atoms in total. The first-order valence-electron chi connectivity index (χ1n) is 6.97. The number of nitrogens with zero attached hydrogens (tertiary/aromatic N) is 5. The van der Waals surface area contributed by atoms with E-state index in [9.17, 15) is 0 Å². The van der Waals surface area contributed by atoms with Crippen LogP contribution in [0, 0.1) is 11.3 Å². The summed E-state index contributed by atoms with van der Waals surface area (Å²) in [7, 11) is 1.86. The van der Waals surface area contributed by atoms with E-state index >= 15 is 0 Å². The van der Waals surface area contributed by atoms with Gasteiger partial charge in [-0.05, 0) is 36.0 Å². The van der Waals surface area contributed by atoms with Crippen molar-refractivity contribution in [1.82, 2.24) is 19.7 Å². The van der Waals surface area contributed by atoms with E-state index < -0.39 is 0 Å². The van der Waals surface area contributed by atoms with Gasteiger partial charge in [-0.2, -0.15) is 5.26 Å². The highest BCUT2D eigenvalue weighted by Crippen LogP contribution is 2.26. The molecule has 0 bridgehead atoms. The second-order valence-electron chi connectivity index (χ2n) is 4.78. The Kier molecular flexibility index (Phi) is 4.99. The maximum Gasteiger partial charge on any atom is 0.197 e. The zero-order valence-electron chi connectivity index (χ0n) is 12.7. The number of halogens is 1. The molecular weight excluding hydrogens is 346 g/mol. The SMILES string of the molecule is Cn1c(COc2ccccc2Cl)nnc1Sc1ccc(C#N)cn1. The molecular formula is C16H12ClN5OS. The third kappa shape index (κ3) is 3.67. The third-order valence-corrected chi connectivity index (χ3v) is 4.48. The summed E-state index contributed by atoms with van der Waals surface area (Å²) in [6.45, 7) is 0.259. The van der Waals surface area contributed by atoms with Gasteiger partial charge in [-0.3, -0.25) is 0 Å². The number of benzene rings is 1. The van der Waals surface area contributed by atoms with Crippen molar-refractivity contribution >= 4 is 23.4 Å². The van der Waals surface area contributed by atoms with Crippen LogP contribution in [0.2, 0.25) is 5.02 Å². The molecule has 1 aromatic carbocycles. The van der Waals surface area contributed by atoms with Crippen molar-refractivity contribution in [1.29, 1.82) is 5.26 Å². The number of para-hydroxylation sites is 1. The van der Waals surface area contributed by atoms with Crippen LogP contribution in [-0.4, -0.2) is 19.7 Å². The largest absolute Gasteiger partial charge is 0.484 e. The van der Waals surface area contributed by atoms with Crippen LogP contribution in [0.3, 0.4) is 0 Å². The van der Waals surface area contributed by atoms with E-state index in [4.69, 9.17) is 21.6 Å². The topological polar surface area (TPSA) is 76.6 Å². The molecule has 0 unspecified atom stereocenters. The smallest absolute Gasteiger partial charge is 0.197 e. The lowest BCUT2D eigenvalue weighted by Gasteiger charge is -2.07. The van der Waals surface area contributed by atoms with Crippen molar-refractivity contribution in [3.05, 3.63) is 59.0 Å². The van der Waals surface area contributed by atoms with E-state index in [0.717, 1.165) is 5.03 Å². The molecule has 0 fully saturated rings. The van der Waals surface area contributed by atoms with E-state index in [1.54, 1.807) is 24.3 Å². The van der Waals surface area contributed by atoms with Crippen molar-refractivity contribution in [2.45, 2.75) is 16.8 Å². The molecule has 0 spiro atoms. The van der Waals surface area contributed by atoms with Gasteiger partial charge in [-0.1, -0.05) is 23.7 Å². The molecule has 3 aromatic rings. The number of rotatable bonds is 5. The second kappa shape index (κ2) is 7.34. The van der Waals surface area contributed by atoms with Crippen LogP contribution in [0.15, 0.2) is 52.8 Å². The first kappa shape index (κ1) is 16.3. The molecule has 2 aromatic heterocycles. The van der Waals surface area contributed by atoms with Crippen LogP contribution in [0.25, 0.3) is 0 Å². The van der Waals surface area contributed by atoms with Crippen LogP contribution in [0.4, 0.5) is 0 Å². The minimum absolute atomic E-state index is 0.259. The molecule has 0 aliphatic heterocycles. The average Bonchev–Trinajstić information content (AvgIpc) is 2.95. The Bertz CT molecular complexity index is 888. The van der Waals surface area contributed by atoms with Crippen molar-refractivity contribution in [2.75, 3.05) is 0 Å². The van der Waals surface area contributed by atoms with Crippen LogP contribution < -0.4 is 4.74 Å². The number of nitriles is 1. The molecule has 120 valence electrons. The summed E-state index contributed by atoms with van der Waals surface area (Å²) < 4.78 is 7.52. The molecule has 0 N–H and O–H groups in total. The fraction of sp³-hybridized carbons (Fsp3) is 0.125. The van der Waals surface area contributed by atoms with Crippen LogP contribution in [0.5, 0.6) is 5.75 Å². The lowest BCUT2D eigenvalue weighted by atomic mass is 10.3.